The minimum Gasteiger partial charge on any atom is -0.462 e. The molecule has 2 aromatic rings. The Kier molecular flexibility index (Phi) is 4.70. The zero-order valence-electron chi connectivity index (χ0n) is 10.3. The number of benzene rings is 1. The molecule has 2 rings (SSSR count). The van der Waals surface area contributed by atoms with E-state index in [1.54, 1.807) is 13.0 Å². The van der Waals surface area contributed by atoms with Crippen LogP contribution in [0.15, 0.2) is 16.7 Å². The number of carbonyl (C=O) groups is 1. The molecule has 1 heterocycles. The lowest BCUT2D eigenvalue weighted by molar-refractivity contribution is 0.0527. The van der Waals surface area contributed by atoms with Crippen LogP contribution in [0.1, 0.15) is 17.3 Å². The van der Waals surface area contributed by atoms with E-state index >= 15 is 0 Å². The SMILES string of the molecule is CCOC(=O)c1cnc2c(Cl)c(Cl)c(Br)cc2c1NN. The van der Waals surface area contributed by atoms with Gasteiger partial charge in [-0.2, -0.15) is 0 Å². The van der Waals surface area contributed by atoms with Crippen LogP contribution >= 0.6 is 39.1 Å². The lowest BCUT2D eigenvalue weighted by atomic mass is 10.1. The van der Waals surface area contributed by atoms with Crippen LogP contribution in [0.25, 0.3) is 10.9 Å². The van der Waals surface area contributed by atoms with Crippen LogP contribution < -0.4 is 11.3 Å². The number of aromatic nitrogens is 1. The van der Waals surface area contributed by atoms with Crippen molar-refractivity contribution in [2.24, 2.45) is 5.84 Å². The molecule has 0 atom stereocenters. The van der Waals surface area contributed by atoms with Gasteiger partial charge in [0.1, 0.15) is 5.56 Å². The molecular weight excluding hydrogens is 369 g/mol. The first kappa shape index (κ1) is 15.3. The van der Waals surface area contributed by atoms with E-state index in [0.29, 0.717) is 26.1 Å². The standard InChI is InChI=1S/C12H10BrCl2N3O2/c1-2-20-12(19)6-4-17-11-5(10(6)18-16)3-7(13)8(14)9(11)15/h3-4H,2,16H2,1H3,(H,17,18). The molecule has 1 aromatic carbocycles. The van der Waals surface area contributed by atoms with Crippen molar-refractivity contribution in [1.82, 2.24) is 4.98 Å². The number of nitrogen functional groups attached to an aromatic ring is 1. The van der Waals surface area contributed by atoms with Crippen LogP contribution in [0.2, 0.25) is 10.0 Å². The number of nitrogens with one attached hydrogen (secondary N) is 1. The molecule has 0 unspecified atom stereocenters. The summed E-state index contributed by atoms with van der Waals surface area (Å²) in [5, 5.41) is 1.20. The predicted molar refractivity (Wildman–Crippen MR) is 83.2 cm³/mol. The Morgan fingerprint density at radius 3 is 2.80 bits per heavy atom. The van der Waals surface area contributed by atoms with Crippen molar-refractivity contribution < 1.29 is 9.53 Å². The van der Waals surface area contributed by atoms with Crippen molar-refractivity contribution in [3.63, 3.8) is 0 Å². The summed E-state index contributed by atoms with van der Waals surface area (Å²) in [6.45, 7) is 1.97. The van der Waals surface area contributed by atoms with Crippen molar-refractivity contribution in [3.05, 3.63) is 32.3 Å². The van der Waals surface area contributed by atoms with Crippen molar-refractivity contribution in [1.29, 1.82) is 0 Å². The smallest absolute Gasteiger partial charge is 0.341 e. The van der Waals surface area contributed by atoms with Crippen molar-refractivity contribution in [2.45, 2.75) is 6.92 Å². The molecule has 0 aliphatic heterocycles. The molecule has 8 heteroatoms. The van der Waals surface area contributed by atoms with Gasteiger partial charge in [0.2, 0.25) is 0 Å². The number of nitrogens with zero attached hydrogens (tertiary/aromatic N) is 1. The quantitative estimate of drug-likeness (QED) is 0.368. The van der Waals surface area contributed by atoms with Crippen LogP contribution in [-0.4, -0.2) is 17.6 Å². The van der Waals surface area contributed by atoms with Gasteiger partial charge in [-0.15, -0.1) is 0 Å². The first-order valence-corrected chi connectivity index (χ1v) is 7.16. The van der Waals surface area contributed by atoms with E-state index in [0.717, 1.165) is 0 Å². The third-order valence-corrected chi connectivity index (χ3v) is 4.35. The third-order valence-electron chi connectivity index (χ3n) is 2.64. The summed E-state index contributed by atoms with van der Waals surface area (Å²) < 4.78 is 5.54. The van der Waals surface area contributed by atoms with Gasteiger partial charge in [0.15, 0.2) is 0 Å². The summed E-state index contributed by atoms with van der Waals surface area (Å²) in [4.78, 5) is 16.0. The Hall–Kier alpha value is -1.08. The van der Waals surface area contributed by atoms with Gasteiger partial charge < -0.3 is 10.2 Å². The van der Waals surface area contributed by atoms with Gasteiger partial charge >= 0.3 is 5.97 Å². The van der Waals surface area contributed by atoms with Gasteiger partial charge in [0.25, 0.3) is 0 Å². The van der Waals surface area contributed by atoms with Crippen LogP contribution in [0.5, 0.6) is 0 Å². The molecule has 5 nitrogen and oxygen atoms in total. The molecule has 20 heavy (non-hydrogen) atoms. The minimum absolute atomic E-state index is 0.229. The Labute approximate surface area is 133 Å². The van der Waals surface area contributed by atoms with Crippen molar-refractivity contribution in [3.8, 4) is 0 Å². The zero-order valence-corrected chi connectivity index (χ0v) is 13.4. The van der Waals surface area contributed by atoms with E-state index in [2.05, 4.69) is 26.3 Å². The summed E-state index contributed by atoms with van der Waals surface area (Å²) in [6, 6.07) is 1.69. The number of anilines is 1. The molecule has 0 saturated carbocycles. The zero-order chi connectivity index (χ0) is 14.9. The number of rotatable bonds is 3. The van der Waals surface area contributed by atoms with Crippen LogP contribution in [0, 0.1) is 0 Å². The number of esters is 1. The Bertz CT molecular complexity index is 694. The highest BCUT2D eigenvalue weighted by Gasteiger charge is 2.19. The number of pyridine rings is 1. The number of fused-ring (bicyclic) bond motifs is 1. The fourth-order valence-electron chi connectivity index (χ4n) is 1.76. The first-order valence-electron chi connectivity index (χ1n) is 5.61. The van der Waals surface area contributed by atoms with Gasteiger partial charge in [-0.25, -0.2) is 4.79 Å². The van der Waals surface area contributed by atoms with E-state index < -0.39 is 5.97 Å². The lowest BCUT2D eigenvalue weighted by Gasteiger charge is -2.13. The van der Waals surface area contributed by atoms with Crippen LogP contribution in [-0.2, 0) is 4.74 Å². The second kappa shape index (κ2) is 6.13. The summed E-state index contributed by atoms with van der Waals surface area (Å²) in [6.07, 6.45) is 1.35. The number of hydrogen-bond acceptors (Lipinski definition) is 5. The highest BCUT2D eigenvalue weighted by Crippen LogP contribution is 2.39. The van der Waals surface area contributed by atoms with E-state index in [9.17, 15) is 4.79 Å². The highest BCUT2D eigenvalue weighted by molar-refractivity contribution is 9.10. The van der Waals surface area contributed by atoms with Crippen molar-refractivity contribution in [2.75, 3.05) is 12.0 Å². The van der Waals surface area contributed by atoms with E-state index in [1.165, 1.54) is 6.20 Å². The molecular formula is C12H10BrCl2N3O2. The Balaban J connectivity index is 2.77. The second-order valence-electron chi connectivity index (χ2n) is 3.79. The lowest BCUT2D eigenvalue weighted by Crippen LogP contribution is -2.15. The molecule has 0 amide bonds. The Morgan fingerprint density at radius 2 is 2.20 bits per heavy atom. The van der Waals surface area contributed by atoms with Crippen LogP contribution in [0.3, 0.4) is 0 Å². The monoisotopic (exact) mass is 377 g/mol. The number of ether oxygens (including phenoxy) is 1. The number of carbonyl (C=O) groups excluding carboxylic acids is 1. The molecule has 0 spiro atoms. The van der Waals surface area contributed by atoms with Crippen LogP contribution in [0.4, 0.5) is 5.69 Å². The van der Waals surface area contributed by atoms with Gasteiger partial charge in [0.05, 0.1) is 27.9 Å². The topological polar surface area (TPSA) is 77.2 Å². The molecule has 106 valence electrons. The summed E-state index contributed by atoms with van der Waals surface area (Å²) in [7, 11) is 0. The molecule has 1 aromatic heterocycles. The fraction of sp³-hybridized carbons (Fsp3) is 0.167. The minimum atomic E-state index is -0.517. The molecule has 3 N–H and O–H groups in total. The van der Waals surface area contributed by atoms with E-state index in [4.69, 9.17) is 33.8 Å². The maximum absolute atomic E-state index is 11.9. The molecule has 0 bridgehead atoms. The first-order chi connectivity index (χ1) is 9.51. The highest BCUT2D eigenvalue weighted by atomic mass is 79.9. The predicted octanol–water partition coefficient (Wildman–Crippen LogP) is 3.77. The number of hydrogen-bond donors (Lipinski definition) is 2. The fourth-order valence-corrected chi connectivity index (χ4v) is 2.70. The summed E-state index contributed by atoms with van der Waals surface area (Å²) >= 11 is 15.5. The van der Waals surface area contributed by atoms with Crippen molar-refractivity contribution >= 4 is 61.7 Å². The second-order valence-corrected chi connectivity index (χ2v) is 5.40. The van der Waals surface area contributed by atoms with Gasteiger partial charge in [-0.1, -0.05) is 23.2 Å². The van der Waals surface area contributed by atoms with Gasteiger partial charge in [0, 0.05) is 16.1 Å². The summed E-state index contributed by atoms with van der Waals surface area (Å²) in [5.41, 5.74) is 3.54. The largest absolute Gasteiger partial charge is 0.462 e. The summed E-state index contributed by atoms with van der Waals surface area (Å²) in [5.74, 6) is 5.00. The van der Waals surface area contributed by atoms with Gasteiger partial charge in [-0.3, -0.25) is 10.8 Å². The van der Waals surface area contributed by atoms with E-state index in [-0.39, 0.29) is 17.2 Å². The average Bonchev–Trinajstić information content (AvgIpc) is 2.44. The molecule has 0 aliphatic carbocycles. The maximum atomic E-state index is 11.9. The van der Waals surface area contributed by atoms with Gasteiger partial charge in [-0.05, 0) is 28.9 Å². The number of halogens is 3. The Morgan fingerprint density at radius 1 is 1.50 bits per heavy atom. The normalized spacial score (nSPS) is 10.7. The third kappa shape index (κ3) is 2.56. The molecule has 0 fully saturated rings. The number of nitrogens with two attached hydrogens (primary N) is 1. The molecule has 0 radical (unpaired) electrons. The average molecular weight is 379 g/mol. The molecule has 0 saturated heterocycles. The van der Waals surface area contributed by atoms with E-state index in [1.807, 2.05) is 0 Å². The number of hydrazine groups is 1. The maximum Gasteiger partial charge on any atom is 0.341 e. The molecule has 0 aliphatic rings.